The largest absolute Gasteiger partial charge is 0.478 e. The smallest absolute Gasteiger partial charge is 0.351 e. The molecule has 1 saturated heterocycles. The van der Waals surface area contributed by atoms with Crippen molar-refractivity contribution in [2.24, 2.45) is 0 Å². The molecule has 1 fully saturated rings. The maximum absolute atomic E-state index is 11.0. The molecule has 0 unspecified atom stereocenters. The number of nitrogens with one attached hydrogen (secondary N) is 1. The molecular weight excluding hydrogens is 210 g/mol. The fourth-order valence-corrected chi connectivity index (χ4v) is 3.86. The van der Waals surface area contributed by atoms with Crippen LogP contribution in [0.2, 0.25) is 0 Å². The molecule has 1 rings (SSSR count). The molecule has 0 spiro atoms. The average Bonchev–Trinajstić information content (AvgIpc) is 2.04. The fraction of sp³-hybridized carbons (Fsp3) is 0.714. The van der Waals surface area contributed by atoms with Crippen molar-refractivity contribution in [2.75, 3.05) is 11.5 Å². The molecular formula is C7H11NO3S2. The highest BCUT2D eigenvalue weighted by molar-refractivity contribution is 8.19. The summed E-state index contributed by atoms with van der Waals surface area (Å²) >= 11 is 2.56. The molecule has 0 saturated carbocycles. The zero-order valence-corrected chi connectivity index (χ0v) is 8.83. The molecule has 0 radical (unpaired) electrons. The van der Waals surface area contributed by atoms with E-state index in [4.69, 9.17) is 5.11 Å². The average molecular weight is 221 g/mol. The molecule has 6 heteroatoms. The van der Waals surface area contributed by atoms with E-state index in [1.807, 2.05) is 0 Å². The van der Waals surface area contributed by atoms with Gasteiger partial charge in [-0.1, -0.05) is 0 Å². The van der Waals surface area contributed by atoms with E-state index < -0.39 is 10.2 Å². The number of carboxylic acid groups (broad SMARTS) is 1. The van der Waals surface area contributed by atoms with Crippen LogP contribution in [0.15, 0.2) is 0 Å². The van der Waals surface area contributed by atoms with E-state index in [9.17, 15) is 9.59 Å². The summed E-state index contributed by atoms with van der Waals surface area (Å²) in [6.07, 6.45) is 0.990. The zero-order chi connectivity index (χ0) is 9.90. The predicted octanol–water partition coefficient (Wildman–Crippen LogP) is 0.731. The topological polar surface area (TPSA) is 66.4 Å². The Morgan fingerprint density at radius 2 is 1.92 bits per heavy atom. The Bertz CT molecular complexity index is 226. The summed E-state index contributed by atoms with van der Waals surface area (Å²) < 4.78 is -1.15. The number of carboxylic acids is 1. The molecule has 2 N–H and O–H groups in total. The van der Waals surface area contributed by atoms with Crippen molar-refractivity contribution in [2.45, 2.75) is 17.5 Å². The van der Waals surface area contributed by atoms with E-state index in [0.717, 1.165) is 17.9 Å². The Kier molecular flexibility index (Phi) is 3.49. The van der Waals surface area contributed by atoms with Gasteiger partial charge < -0.3 is 10.4 Å². The zero-order valence-electron chi connectivity index (χ0n) is 7.20. The Morgan fingerprint density at radius 3 is 2.31 bits per heavy atom. The van der Waals surface area contributed by atoms with Crippen LogP contribution in [0.4, 0.5) is 0 Å². The van der Waals surface area contributed by atoms with Gasteiger partial charge in [-0.25, -0.2) is 4.79 Å². The number of rotatable bonds is 2. The van der Waals surface area contributed by atoms with Gasteiger partial charge in [0.15, 0.2) is 0 Å². The minimum Gasteiger partial charge on any atom is -0.478 e. The summed E-state index contributed by atoms with van der Waals surface area (Å²) in [7, 11) is 0. The summed E-state index contributed by atoms with van der Waals surface area (Å²) in [6, 6.07) is 0. The molecule has 0 aromatic heterocycles. The van der Waals surface area contributed by atoms with Crippen molar-refractivity contribution in [1.29, 1.82) is 0 Å². The molecule has 0 bridgehead atoms. The molecule has 1 aliphatic heterocycles. The van der Waals surface area contributed by atoms with Crippen molar-refractivity contribution >= 4 is 35.4 Å². The Hall–Kier alpha value is -0.360. The number of hydrogen-bond acceptors (Lipinski definition) is 4. The molecule has 0 aromatic carbocycles. The molecule has 0 aromatic rings. The fourth-order valence-electron chi connectivity index (χ4n) is 1.01. The number of carbonyl (C=O) groups is 2. The van der Waals surface area contributed by atoms with Crippen molar-refractivity contribution in [3.8, 4) is 0 Å². The molecule has 74 valence electrons. The first-order valence-electron chi connectivity index (χ1n) is 3.87. The Morgan fingerprint density at radius 1 is 1.38 bits per heavy atom. The lowest BCUT2D eigenvalue weighted by Crippen LogP contribution is -2.50. The highest BCUT2D eigenvalue weighted by Gasteiger charge is 2.42. The molecule has 13 heavy (non-hydrogen) atoms. The van der Waals surface area contributed by atoms with Crippen LogP contribution >= 0.6 is 23.5 Å². The number of hydrogen-bond donors (Lipinski definition) is 2. The van der Waals surface area contributed by atoms with Crippen LogP contribution < -0.4 is 5.32 Å². The van der Waals surface area contributed by atoms with Crippen molar-refractivity contribution in [3.05, 3.63) is 0 Å². The maximum Gasteiger partial charge on any atom is 0.351 e. The van der Waals surface area contributed by atoms with Gasteiger partial charge in [0.25, 0.3) is 0 Å². The van der Waals surface area contributed by atoms with Crippen LogP contribution in [0.5, 0.6) is 0 Å². The summed E-state index contributed by atoms with van der Waals surface area (Å²) in [5.41, 5.74) is 0. The minimum absolute atomic E-state index is 0.302. The van der Waals surface area contributed by atoms with Crippen LogP contribution in [-0.4, -0.2) is 32.7 Å². The third-order valence-corrected chi connectivity index (χ3v) is 4.58. The second kappa shape index (κ2) is 4.23. The van der Waals surface area contributed by atoms with E-state index in [2.05, 4.69) is 5.32 Å². The van der Waals surface area contributed by atoms with E-state index in [-0.39, 0.29) is 5.91 Å². The van der Waals surface area contributed by atoms with Crippen molar-refractivity contribution in [1.82, 2.24) is 5.32 Å². The maximum atomic E-state index is 11.0. The Labute approximate surface area is 84.8 Å². The van der Waals surface area contributed by atoms with Gasteiger partial charge in [-0.05, 0) is 17.9 Å². The summed E-state index contributed by atoms with van der Waals surface area (Å²) in [5, 5.41) is 11.5. The summed E-state index contributed by atoms with van der Waals surface area (Å²) in [4.78, 5) is 21.8. The monoisotopic (exact) mass is 221 g/mol. The normalized spacial score (nSPS) is 20.7. The molecule has 1 amide bonds. The lowest BCUT2D eigenvalue weighted by molar-refractivity contribution is -0.140. The van der Waals surface area contributed by atoms with Gasteiger partial charge in [0.2, 0.25) is 10.1 Å². The van der Waals surface area contributed by atoms with E-state index in [0.29, 0.717) is 0 Å². The number of carbonyl (C=O) groups excluding carboxylic acids is 1. The van der Waals surface area contributed by atoms with E-state index in [1.54, 1.807) is 0 Å². The first-order chi connectivity index (χ1) is 6.07. The van der Waals surface area contributed by atoms with Crippen molar-refractivity contribution in [3.63, 3.8) is 0 Å². The third kappa shape index (κ3) is 2.54. The van der Waals surface area contributed by atoms with Crippen LogP contribution in [0.25, 0.3) is 0 Å². The molecule has 0 aliphatic carbocycles. The third-order valence-electron chi connectivity index (χ3n) is 1.52. The molecule has 1 heterocycles. The van der Waals surface area contributed by atoms with Crippen molar-refractivity contribution < 1.29 is 14.7 Å². The van der Waals surface area contributed by atoms with Crippen LogP contribution in [0.1, 0.15) is 13.3 Å². The van der Waals surface area contributed by atoms with Gasteiger partial charge >= 0.3 is 5.97 Å². The standard InChI is InChI=1S/C7H11NO3S2/c1-5(9)8-7(6(10)11)12-3-2-4-13-7/h2-4H2,1H3,(H,8,9)(H,10,11). The van der Waals surface area contributed by atoms with Gasteiger partial charge in [0.05, 0.1) is 0 Å². The quantitative estimate of drug-likeness (QED) is 0.719. The van der Waals surface area contributed by atoms with Gasteiger partial charge in [-0.3, -0.25) is 4.79 Å². The first-order valence-corrected chi connectivity index (χ1v) is 5.84. The lowest BCUT2D eigenvalue weighted by Gasteiger charge is -2.31. The van der Waals surface area contributed by atoms with Crippen LogP contribution in [0.3, 0.4) is 0 Å². The number of amides is 1. The van der Waals surface area contributed by atoms with E-state index in [1.165, 1.54) is 30.4 Å². The second-order valence-corrected chi connectivity index (χ2v) is 5.53. The predicted molar refractivity (Wildman–Crippen MR) is 53.7 cm³/mol. The van der Waals surface area contributed by atoms with Gasteiger partial charge in [0.1, 0.15) is 0 Å². The molecule has 1 aliphatic rings. The number of thioether (sulfide) groups is 2. The highest BCUT2D eigenvalue weighted by atomic mass is 32.2. The lowest BCUT2D eigenvalue weighted by atomic mass is 10.5. The first kappa shape index (κ1) is 10.7. The number of aliphatic carboxylic acids is 1. The summed E-state index contributed by atoms with van der Waals surface area (Å²) in [5.74, 6) is 0.279. The SMILES string of the molecule is CC(=O)NC1(C(=O)O)SCCCS1. The van der Waals surface area contributed by atoms with Gasteiger partial charge in [0, 0.05) is 6.92 Å². The van der Waals surface area contributed by atoms with Gasteiger partial charge in [-0.2, -0.15) is 0 Å². The van der Waals surface area contributed by atoms with E-state index >= 15 is 0 Å². The second-order valence-electron chi connectivity index (χ2n) is 2.65. The van der Waals surface area contributed by atoms with Gasteiger partial charge in [-0.15, -0.1) is 23.5 Å². The molecule has 4 nitrogen and oxygen atoms in total. The summed E-state index contributed by atoms with van der Waals surface area (Å²) in [6.45, 7) is 1.33. The molecule has 0 atom stereocenters. The van der Waals surface area contributed by atoms with Crippen LogP contribution in [-0.2, 0) is 9.59 Å². The Balaban J connectivity index is 2.73. The highest BCUT2D eigenvalue weighted by Crippen LogP contribution is 2.39. The van der Waals surface area contributed by atoms with Crippen LogP contribution in [0, 0.1) is 0 Å². The minimum atomic E-state index is -1.15.